The number of rotatable bonds is 1. The molecule has 0 aromatic carbocycles. The molecule has 1 spiro atoms. The van der Waals surface area contributed by atoms with Crippen molar-refractivity contribution in [3.05, 3.63) is 0 Å². The first-order valence-electron chi connectivity index (χ1n) is 4.37. The van der Waals surface area contributed by atoms with Crippen molar-refractivity contribution in [3.63, 3.8) is 0 Å². The summed E-state index contributed by atoms with van der Waals surface area (Å²) >= 11 is 0. The second-order valence-corrected chi connectivity index (χ2v) is 4.02. The lowest BCUT2D eigenvalue weighted by molar-refractivity contribution is 0.0542. The number of nitrogens with zero attached hydrogens (tertiary/aromatic N) is 1. The van der Waals surface area contributed by atoms with Gasteiger partial charge in [0.2, 0.25) is 0 Å². The van der Waals surface area contributed by atoms with Crippen LogP contribution in [0.2, 0.25) is 0 Å². The molecule has 2 rings (SSSR count). The Hall–Kier alpha value is -0.120. The molecule has 0 amide bonds. The van der Waals surface area contributed by atoms with Crippen LogP contribution in [0.3, 0.4) is 0 Å². The third-order valence-corrected chi connectivity index (χ3v) is 3.41. The van der Waals surface area contributed by atoms with Crippen LogP contribution in [-0.4, -0.2) is 29.8 Å². The Morgan fingerprint density at radius 2 is 2.27 bits per heavy atom. The van der Waals surface area contributed by atoms with Crippen LogP contribution in [0.5, 0.6) is 0 Å². The third-order valence-electron chi connectivity index (χ3n) is 3.41. The first kappa shape index (κ1) is 7.53. The van der Waals surface area contributed by atoms with E-state index in [1.807, 2.05) is 5.01 Å². The van der Waals surface area contributed by atoms with E-state index < -0.39 is 0 Å². The first-order valence-corrected chi connectivity index (χ1v) is 4.37. The van der Waals surface area contributed by atoms with E-state index in [4.69, 9.17) is 10.9 Å². The van der Waals surface area contributed by atoms with Crippen LogP contribution in [0.15, 0.2) is 0 Å². The van der Waals surface area contributed by atoms with Crippen LogP contribution in [-0.2, 0) is 0 Å². The van der Waals surface area contributed by atoms with E-state index >= 15 is 0 Å². The maximum Gasteiger partial charge on any atom is 0.0477 e. The molecule has 1 saturated carbocycles. The van der Waals surface area contributed by atoms with Gasteiger partial charge in [-0.2, -0.15) is 0 Å². The van der Waals surface area contributed by atoms with Crippen LogP contribution >= 0.6 is 0 Å². The largest absolute Gasteiger partial charge is 0.396 e. The van der Waals surface area contributed by atoms with Crippen molar-refractivity contribution >= 4 is 0 Å². The highest BCUT2D eigenvalue weighted by Crippen LogP contribution is 2.50. The summed E-state index contributed by atoms with van der Waals surface area (Å²) in [5, 5.41) is 11.0. The maximum absolute atomic E-state index is 9.10. The first-order chi connectivity index (χ1) is 5.27. The van der Waals surface area contributed by atoms with E-state index in [1.54, 1.807) is 0 Å². The topological polar surface area (TPSA) is 49.5 Å². The summed E-state index contributed by atoms with van der Waals surface area (Å²) in [5.41, 5.74) is 0.406. The van der Waals surface area contributed by atoms with Crippen molar-refractivity contribution in [1.29, 1.82) is 0 Å². The molecule has 2 aliphatic rings. The van der Waals surface area contributed by atoms with Gasteiger partial charge >= 0.3 is 0 Å². The van der Waals surface area contributed by atoms with Crippen molar-refractivity contribution in [2.24, 2.45) is 17.2 Å². The zero-order valence-electron chi connectivity index (χ0n) is 6.79. The van der Waals surface area contributed by atoms with E-state index in [9.17, 15) is 0 Å². The van der Waals surface area contributed by atoms with Gasteiger partial charge in [-0.3, -0.25) is 5.84 Å². The average molecular weight is 156 g/mol. The Kier molecular flexibility index (Phi) is 1.67. The molecule has 1 saturated heterocycles. The summed E-state index contributed by atoms with van der Waals surface area (Å²) in [6.45, 7) is 2.20. The standard InChI is InChI=1S/C8H16N2O/c9-10-4-7(5-11)8(6-10)2-1-3-8/h7,11H,1-6,9H2/t7-/m0/s1. The fourth-order valence-electron chi connectivity index (χ4n) is 2.52. The molecule has 3 nitrogen and oxygen atoms in total. The van der Waals surface area contributed by atoms with Gasteiger partial charge in [0.05, 0.1) is 0 Å². The normalized spacial score (nSPS) is 36.0. The number of hydrazine groups is 1. The van der Waals surface area contributed by atoms with Gasteiger partial charge < -0.3 is 5.11 Å². The number of aliphatic hydroxyl groups is 1. The fourth-order valence-corrected chi connectivity index (χ4v) is 2.52. The quantitative estimate of drug-likeness (QED) is 0.523. The summed E-state index contributed by atoms with van der Waals surface area (Å²) < 4.78 is 0. The molecular formula is C8H16N2O. The molecule has 1 aliphatic heterocycles. The Morgan fingerprint density at radius 1 is 1.55 bits per heavy atom. The SMILES string of the molecule is NN1C[C@@H](CO)C2(CCC2)C1. The van der Waals surface area contributed by atoms with Gasteiger partial charge in [0.25, 0.3) is 0 Å². The second-order valence-electron chi connectivity index (χ2n) is 4.02. The molecule has 3 heteroatoms. The lowest BCUT2D eigenvalue weighted by Crippen LogP contribution is -2.39. The molecule has 1 aliphatic carbocycles. The van der Waals surface area contributed by atoms with Gasteiger partial charge in [0.1, 0.15) is 0 Å². The average Bonchev–Trinajstić information content (AvgIpc) is 2.25. The summed E-state index contributed by atoms with van der Waals surface area (Å²) in [6.07, 6.45) is 3.86. The number of nitrogens with two attached hydrogens (primary N) is 1. The van der Waals surface area contributed by atoms with Crippen molar-refractivity contribution in [2.45, 2.75) is 19.3 Å². The van der Waals surface area contributed by atoms with E-state index in [0.29, 0.717) is 17.9 Å². The fraction of sp³-hybridized carbons (Fsp3) is 1.00. The Balaban J connectivity index is 2.07. The molecular weight excluding hydrogens is 140 g/mol. The van der Waals surface area contributed by atoms with Gasteiger partial charge in [0, 0.05) is 25.6 Å². The Morgan fingerprint density at radius 3 is 2.64 bits per heavy atom. The molecule has 11 heavy (non-hydrogen) atoms. The Labute approximate surface area is 67.1 Å². The minimum atomic E-state index is 0.313. The predicted molar refractivity (Wildman–Crippen MR) is 42.6 cm³/mol. The molecule has 3 N–H and O–H groups in total. The minimum Gasteiger partial charge on any atom is -0.396 e. The number of hydrogen-bond acceptors (Lipinski definition) is 3. The zero-order valence-corrected chi connectivity index (χ0v) is 6.79. The molecule has 0 bridgehead atoms. The zero-order chi connectivity index (χ0) is 7.90. The summed E-state index contributed by atoms with van der Waals surface area (Å²) in [5.74, 6) is 6.15. The van der Waals surface area contributed by atoms with E-state index in [-0.39, 0.29) is 0 Å². The van der Waals surface area contributed by atoms with E-state index in [2.05, 4.69) is 0 Å². The lowest BCUT2D eigenvalue weighted by Gasteiger charge is -2.42. The molecule has 0 radical (unpaired) electrons. The number of hydrogen-bond donors (Lipinski definition) is 2. The van der Waals surface area contributed by atoms with Gasteiger partial charge in [-0.25, -0.2) is 5.01 Å². The van der Waals surface area contributed by atoms with Crippen molar-refractivity contribution in [1.82, 2.24) is 5.01 Å². The van der Waals surface area contributed by atoms with Gasteiger partial charge in [0.15, 0.2) is 0 Å². The predicted octanol–water partition coefficient (Wildman–Crippen LogP) is -0.0455. The molecule has 0 aromatic rings. The number of aliphatic hydroxyl groups excluding tert-OH is 1. The lowest BCUT2D eigenvalue weighted by atomic mass is 9.63. The van der Waals surface area contributed by atoms with E-state index in [0.717, 1.165) is 13.1 Å². The molecule has 1 heterocycles. The van der Waals surface area contributed by atoms with Gasteiger partial charge in [-0.15, -0.1) is 0 Å². The smallest absolute Gasteiger partial charge is 0.0477 e. The molecule has 64 valence electrons. The summed E-state index contributed by atoms with van der Waals surface area (Å²) in [6, 6.07) is 0. The monoisotopic (exact) mass is 156 g/mol. The molecule has 2 fully saturated rings. The van der Waals surface area contributed by atoms with Crippen molar-refractivity contribution < 1.29 is 5.11 Å². The molecule has 1 atom stereocenters. The highest BCUT2D eigenvalue weighted by atomic mass is 16.3. The van der Waals surface area contributed by atoms with Gasteiger partial charge in [-0.1, -0.05) is 6.42 Å². The summed E-state index contributed by atoms with van der Waals surface area (Å²) in [7, 11) is 0. The second kappa shape index (κ2) is 2.44. The van der Waals surface area contributed by atoms with Gasteiger partial charge in [-0.05, 0) is 18.3 Å². The van der Waals surface area contributed by atoms with Crippen molar-refractivity contribution in [3.8, 4) is 0 Å². The minimum absolute atomic E-state index is 0.313. The molecule has 0 unspecified atom stereocenters. The third kappa shape index (κ3) is 0.991. The summed E-state index contributed by atoms with van der Waals surface area (Å²) in [4.78, 5) is 0. The van der Waals surface area contributed by atoms with Crippen LogP contribution in [0.1, 0.15) is 19.3 Å². The van der Waals surface area contributed by atoms with Crippen LogP contribution in [0, 0.1) is 11.3 Å². The van der Waals surface area contributed by atoms with E-state index in [1.165, 1.54) is 19.3 Å². The Bertz CT molecular complexity index is 156. The highest BCUT2D eigenvalue weighted by molar-refractivity contribution is 4.99. The van der Waals surface area contributed by atoms with Crippen LogP contribution < -0.4 is 5.84 Å². The van der Waals surface area contributed by atoms with Crippen LogP contribution in [0.4, 0.5) is 0 Å². The maximum atomic E-state index is 9.10. The van der Waals surface area contributed by atoms with Crippen molar-refractivity contribution in [2.75, 3.05) is 19.7 Å². The molecule has 0 aromatic heterocycles. The van der Waals surface area contributed by atoms with Crippen LogP contribution in [0.25, 0.3) is 0 Å². The highest BCUT2D eigenvalue weighted by Gasteiger charge is 2.49.